The molecule has 1 heterocycles. The Morgan fingerprint density at radius 3 is 2.84 bits per heavy atom. The van der Waals surface area contributed by atoms with E-state index >= 15 is 0 Å². The van der Waals surface area contributed by atoms with E-state index in [0.717, 1.165) is 0 Å². The molecule has 0 unspecified atom stereocenters. The van der Waals surface area contributed by atoms with Gasteiger partial charge < -0.3 is 15.2 Å². The van der Waals surface area contributed by atoms with Crippen molar-refractivity contribution in [1.29, 1.82) is 0 Å². The molecule has 0 bridgehead atoms. The molecule has 0 aliphatic heterocycles. The van der Waals surface area contributed by atoms with Gasteiger partial charge in [-0.1, -0.05) is 0 Å². The van der Waals surface area contributed by atoms with Crippen LogP contribution in [0.2, 0.25) is 0 Å². The molecule has 0 atom stereocenters. The first-order valence-electron chi connectivity index (χ1n) is 5.40. The average molecular weight is 262 g/mol. The Morgan fingerprint density at radius 1 is 1.37 bits per heavy atom. The summed E-state index contributed by atoms with van der Waals surface area (Å²) >= 11 is 0. The molecule has 5 nitrogen and oxygen atoms in total. The number of rotatable bonds is 4. The lowest BCUT2D eigenvalue weighted by molar-refractivity contribution is 0.0697. The zero-order valence-corrected chi connectivity index (χ0v) is 10.1. The van der Waals surface area contributed by atoms with E-state index in [2.05, 4.69) is 10.3 Å². The molecule has 19 heavy (non-hydrogen) atoms. The fourth-order valence-corrected chi connectivity index (χ4v) is 1.52. The lowest BCUT2D eigenvalue weighted by Gasteiger charge is -2.08. The van der Waals surface area contributed by atoms with Gasteiger partial charge >= 0.3 is 5.97 Å². The van der Waals surface area contributed by atoms with Gasteiger partial charge in [0.2, 0.25) is 0 Å². The number of pyridine rings is 1. The highest BCUT2D eigenvalue weighted by atomic mass is 19.1. The van der Waals surface area contributed by atoms with Gasteiger partial charge in [-0.2, -0.15) is 0 Å². The van der Waals surface area contributed by atoms with Crippen LogP contribution in [-0.4, -0.2) is 23.2 Å². The third-order valence-corrected chi connectivity index (χ3v) is 2.43. The van der Waals surface area contributed by atoms with Crippen LogP contribution in [0.3, 0.4) is 0 Å². The van der Waals surface area contributed by atoms with Gasteiger partial charge in [-0.3, -0.25) is 0 Å². The molecule has 0 fully saturated rings. The van der Waals surface area contributed by atoms with Crippen LogP contribution in [0.1, 0.15) is 10.4 Å². The Bertz CT molecular complexity index is 617. The molecule has 2 N–H and O–H groups in total. The van der Waals surface area contributed by atoms with E-state index in [0.29, 0.717) is 11.5 Å². The number of aromatic nitrogens is 1. The average Bonchev–Trinajstić information content (AvgIpc) is 2.41. The number of nitrogens with zero attached hydrogens (tertiary/aromatic N) is 1. The molecular formula is C13H11FN2O3. The SMILES string of the molecule is COc1cc(Nc2cc(C(=O)O)ccn2)ccc1F. The van der Waals surface area contributed by atoms with E-state index in [4.69, 9.17) is 9.84 Å². The van der Waals surface area contributed by atoms with Crippen LogP contribution in [-0.2, 0) is 0 Å². The summed E-state index contributed by atoms with van der Waals surface area (Å²) < 4.78 is 18.1. The van der Waals surface area contributed by atoms with Gasteiger partial charge in [0.25, 0.3) is 0 Å². The van der Waals surface area contributed by atoms with Crippen LogP contribution in [0.4, 0.5) is 15.9 Å². The van der Waals surface area contributed by atoms with E-state index in [1.54, 1.807) is 0 Å². The molecule has 0 saturated carbocycles. The van der Waals surface area contributed by atoms with Crippen molar-refractivity contribution in [3.05, 3.63) is 47.9 Å². The quantitative estimate of drug-likeness (QED) is 0.886. The highest BCUT2D eigenvalue weighted by Crippen LogP contribution is 2.23. The molecule has 98 valence electrons. The second-order valence-electron chi connectivity index (χ2n) is 3.71. The number of carboxylic acids is 1. The number of carboxylic acid groups (broad SMARTS) is 1. The number of methoxy groups -OCH3 is 1. The van der Waals surface area contributed by atoms with Gasteiger partial charge in [-0.15, -0.1) is 0 Å². The Hall–Kier alpha value is -2.63. The number of aromatic carboxylic acids is 1. The van der Waals surface area contributed by atoms with Crippen molar-refractivity contribution in [2.45, 2.75) is 0 Å². The number of nitrogens with one attached hydrogen (secondary N) is 1. The number of hydrogen-bond acceptors (Lipinski definition) is 4. The molecule has 0 aliphatic carbocycles. The van der Waals surface area contributed by atoms with Gasteiger partial charge in [-0.05, 0) is 24.3 Å². The number of ether oxygens (including phenoxy) is 1. The topological polar surface area (TPSA) is 71.5 Å². The summed E-state index contributed by atoms with van der Waals surface area (Å²) in [5, 5.41) is 11.7. The summed E-state index contributed by atoms with van der Waals surface area (Å²) in [5.74, 6) is -1.06. The summed E-state index contributed by atoms with van der Waals surface area (Å²) in [6.07, 6.45) is 1.38. The Labute approximate surface area is 108 Å². The minimum atomic E-state index is -1.04. The summed E-state index contributed by atoms with van der Waals surface area (Å²) in [7, 11) is 1.37. The van der Waals surface area contributed by atoms with E-state index in [-0.39, 0.29) is 11.3 Å². The third-order valence-electron chi connectivity index (χ3n) is 2.43. The van der Waals surface area contributed by atoms with E-state index in [1.807, 2.05) is 0 Å². The van der Waals surface area contributed by atoms with Gasteiger partial charge in [0.15, 0.2) is 11.6 Å². The second kappa shape index (κ2) is 5.34. The van der Waals surface area contributed by atoms with Crippen molar-refractivity contribution in [2.75, 3.05) is 12.4 Å². The molecule has 0 amide bonds. The largest absolute Gasteiger partial charge is 0.494 e. The lowest BCUT2D eigenvalue weighted by Crippen LogP contribution is -2.00. The standard InChI is InChI=1S/C13H11FN2O3/c1-19-11-7-9(2-3-10(11)14)16-12-6-8(13(17)18)4-5-15-12/h2-7H,1H3,(H,15,16)(H,17,18). The number of hydrogen-bond donors (Lipinski definition) is 2. The van der Waals surface area contributed by atoms with Crippen molar-refractivity contribution in [1.82, 2.24) is 4.98 Å². The normalized spacial score (nSPS) is 10.0. The fourth-order valence-electron chi connectivity index (χ4n) is 1.52. The minimum Gasteiger partial charge on any atom is -0.494 e. The first kappa shape index (κ1) is 12.8. The fraction of sp³-hybridized carbons (Fsp3) is 0.0769. The molecule has 0 radical (unpaired) electrons. The summed E-state index contributed by atoms with van der Waals surface area (Å²) in [5.41, 5.74) is 0.667. The molecule has 0 saturated heterocycles. The summed E-state index contributed by atoms with van der Waals surface area (Å²) in [6.45, 7) is 0. The van der Waals surface area contributed by atoms with Crippen LogP contribution < -0.4 is 10.1 Å². The summed E-state index contributed by atoms with van der Waals surface area (Å²) in [4.78, 5) is 14.8. The molecular weight excluding hydrogens is 251 g/mol. The molecule has 1 aromatic heterocycles. The number of carbonyl (C=O) groups is 1. The van der Waals surface area contributed by atoms with Crippen LogP contribution >= 0.6 is 0 Å². The van der Waals surface area contributed by atoms with Gasteiger partial charge in [0.1, 0.15) is 5.82 Å². The Morgan fingerprint density at radius 2 is 2.16 bits per heavy atom. The number of halogens is 1. The Balaban J connectivity index is 2.26. The molecule has 6 heteroatoms. The number of anilines is 2. The maximum absolute atomic E-state index is 13.2. The minimum absolute atomic E-state index is 0.0967. The van der Waals surface area contributed by atoms with E-state index < -0.39 is 11.8 Å². The smallest absolute Gasteiger partial charge is 0.335 e. The molecule has 0 aliphatic rings. The van der Waals surface area contributed by atoms with E-state index in [9.17, 15) is 9.18 Å². The van der Waals surface area contributed by atoms with Crippen LogP contribution in [0.25, 0.3) is 0 Å². The zero-order chi connectivity index (χ0) is 13.8. The van der Waals surface area contributed by atoms with Crippen LogP contribution in [0.5, 0.6) is 5.75 Å². The van der Waals surface area contributed by atoms with Gasteiger partial charge in [0, 0.05) is 18.0 Å². The predicted molar refractivity (Wildman–Crippen MR) is 67.4 cm³/mol. The molecule has 2 aromatic rings. The second-order valence-corrected chi connectivity index (χ2v) is 3.71. The highest BCUT2D eigenvalue weighted by molar-refractivity contribution is 5.88. The predicted octanol–water partition coefficient (Wildman–Crippen LogP) is 2.67. The maximum Gasteiger partial charge on any atom is 0.335 e. The van der Waals surface area contributed by atoms with Crippen molar-refractivity contribution >= 4 is 17.5 Å². The van der Waals surface area contributed by atoms with Crippen molar-refractivity contribution in [3.63, 3.8) is 0 Å². The van der Waals surface area contributed by atoms with E-state index in [1.165, 1.54) is 43.6 Å². The van der Waals surface area contributed by atoms with Crippen LogP contribution in [0.15, 0.2) is 36.5 Å². The lowest BCUT2D eigenvalue weighted by atomic mass is 10.2. The number of benzene rings is 1. The summed E-state index contributed by atoms with van der Waals surface area (Å²) in [6, 6.07) is 7.00. The van der Waals surface area contributed by atoms with Crippen LogP contribution in [0, 0.1) is 5.82 Å². The monoisotopic (exact) mass is 262 g/mol. The highest BCUT2D eigenvalue weighted by Gasteiger charge is 2.06. The first-order valence-corrected chi connectivity index (χ1v) is 5.40. The molecule has 0 spiro atoms. The maximum atomic E-state index is 13.2. The Kier molecular flexibility index (Phi) is 3.61. The molecule has 2 rings (SSSR count). The van der Waals surface area contributed by atoms with Gasteiger partial charge in [0.05, 0.1) is 12.7 Å². The van der Waals surface area contributed by atoms with Crippen molar-refractivity contribution in [2.24, 2.45) is 0 Å². The van der Waals surface area contributed by atoms with Gasteiger partial charge in [-0.25, -0.2) is 14.2 Å². The first-order chi connectivity index (χ1) is 9.10. The molecule has 1 aromatic carbocycles. The zero-order valence-electron chi connectivity index (χ0n) is 10.1. The van der Waals surface area contributed by atoms with Crippen molar-refractivity contribution in [3.8, 4) is 5.75 Å². The third kappa shape index (κ3) is 2.98. The van der Waals surface area contributed by atoms with Crippen molar-refractivity contribution < 1.29 is 19.0 Å².